The molecule has 0 aliphatic rings. The molecule has 1 aromatic rings. The molecule has 1 rings (SSSR count). The zero-order valence-corrected chi connectivity index (χ0v) is 10.6. The molecule has 9 heteroatoms. The molecule has 0 fully saturated rings. The maximum Gasteiger partial charge on any atom is 0.574 e. The molecule has 0 radical (unpaired) electrons. The zero-order valence-electron chi connectivity index (χ0n) is 9.88. The minimum Gasteiger partial charge on any atom is -0.491 e. The van der Waals surface area contributed by atoms with Crippen molar-refractivity contribution in [1.82, 2.24) is 4.98 Å². The molecule has 1 heterocycles. The summed E-state index contributed by atoms with van der Waals surface area (Å²) < 4.78 is 49.5. The topological polar surface area (TPSA) is 57.7 Å². The van der Waals surface area contributed by atoms with Crippen molar-refractivity contribution in [1.29, 1.82) is 0 Å². The van der Waals surface area contributed by atoms with Gasteiger partial charge >= 0.3 is 12.3 Å². The van der Waals surface area contributed by atoms with E-state index in [1.54, 1.807) is 0 Å². The van der Waals surface area contributed by atoms with Crippen molar-refractivity contribution in [2.75, 3.05) is 14.2 Å². The number of esters is 1. The Morgan fingerprint density at radius 1 is 1.42 bits per heavy atom. The second-order valence-electron chi connectivity index (χ2n) is 3.17. The van der Waals surface area contributed by atoms with E-state index in [9.17, 15) is 18.0 Å². The lowest BCUT2D eigenvalue weighted by molar-refractivity contribution is -0.276. The van der Waals surface area contributed by atoms with Crippen LogP contribution in [0.4, 0.5) is 13.2 Å². The van der Waals surface area contributed by atoms with Crippen LogP contribution in [0.3, 0.4) is 0 Å². The predicted molar refractivity (Wildman–Crippen MR) is 58.4 cm³/mol. The highest BCUT2D eigenvalue weighted by molar-refractivity contribution is 6.17. The molecule has 5 nitrogen and oxygen atoms in total. The van der Waals surface area contributed by atoms with Gasteiger partial charge in [0.25, 0.3) is 5.88 Å². The van der Waals surface area contributed by atoms with Crippen LogP contribution >= 0.6 is 11.6 Å². The van der Waals surface area contributed by atoms with Crippen molar-refractivity contribution in [3.8, 4) is 11.6 Å². The van der Waals surface area contributed by atoms with Crippen LogP contribution < -0.4 is 9.47 Å². The number of ether oxygens (including phenoxy) is 3. The molecule has 0 atom stereocenters. The number of methoxy groups -OCH3 is 2. The van der Waals surface area contributed by atoms with Crippen LogP contribution in [0.1, 0.15) is 15.9 Å². The van der Waals surface area contributed by atoms with Crippen LogP contribution in [0.25, 0.3) is 0 Å². The Hall–Kier alpha value is -1.70. The Bertz CT molecular complexity index is 479. The fraction of sp³-hybridized carbons (Fsp3) is 0.400. The fourth-order valence-electron chi connectivity index (χ4n) is 1.31. The molecule has 0 bridgehead atoms. The lowest BCUT2D eigenvalue weighted by Gasteiger charge is -2.15. The third kappa shape index (κ3) is 3.63. The first-order valence-electron chi connectivity index (χ1n) is 4.80. The van der Waals surface area contributed by atoms with Gasteiger partial charge in [-0.2, -0.15) is 0 Å². The van der Waals surface area contributed by atoms with Gasteiger partial charge in [-0.3, -0.25) is 0 Å². The summed E-state index contributed by atoms with van der Waals surface area (Å²) in [5, 5.41) is 0. The van der Waals surface area contributed by atoms with Gasteiger partial charge in [-0.15, -0.1) is 24.8 Å². The lowest BCUT2D eigenvalue weighted by Crippen LogP contribution is -2.20. The lowest BCUT2D eigenvalue weighted by atomic mass is 10.1. The number of halogens is 4. The van der Waals surface area contributed by atoms with Crippen LogP contribution in [-0.4, -0.2) is 31.5 Å². The maximum atomic E-state index is 12.2. The molecular formula is C10H9ClF3NO4. The van der Waals surface area contributed by atoms with Crippen molar-refractivity contribution in [2.24, 2.45) is 0 Å². The van der Waals surface area contributed by atoms with Crippen molar-refractivity contribution < 1.29 is 32.2 Å². The van der Waals surface area contributed by atoms with Gasteiger partial charge in [0.1, 0.15) is 5.56 Å². The molecule has 0 N–H and O–H groups in total. The average molecular weight is 300 g/mol. The van der Waals surface area contributed by atoms with E-state index in [2.05, 4.69) is 14.5 Å². The number of pyridine rings is 1. The zero-order chi connectivity index (χ0) is 14.6. The third-order valence-corrected chi connectivity index (χ3v) is 2.32. The monoisotopic (exact) mass is 299 g/mol. The maximum absolute atomic E-state index is 12.2. The largest absolute Gasteiger partial charge is 0.574 e. The number of nitrogens with zero attached hydrogens (tertiary/aromatic N) is 1. The summed E-state index contributed by atoms with van der Waals surface area (Å²) in [5.41, 5.74) is -0.0888. The summed E-state index contributed by atoms with van der Waals surface area (Å²) in [7, 11) is 2.15. The number of carbonyl (C=O) groups is 1. The smallest absolute Gasteiger partial charge is 0.491 e. The Kier molecular flexibility index (Phi) is 4.82. The minimum absolute atomic E-state index is 0.153. The van der Waals surface area contributed by atoms with E-state index in [0.29, 0.717) is 0 Å². The van der Waals surface area contributed by atoms with E-state index in [4.69, 9.17) is 16.3 Å². The van der Waals surface area contributed by atoms with Crippen LogP contribution in [0.2, 0.25) is 0 Å². The van der Waals surface area contributed by atoms with Crippen LogP contribution in [-0.2, 0) is 10.6 Å². The third-order valence-electron chi connectivity index (χ3n) is 2.03. The summed E-state index contributed by atoms with van der Waals surface area (Å²) >= 11 is 5.58. The van der Waals surface area contributed by atoms with E-state index in [0.717, 1.165) is 20.4 Å². The fourth-order valence-corrected chi connectivity index (χ4v) is 1.51. The average Bonchev–Trinajstić information content (AvgIpc) is 2.35. The van der Waals surface area contributed by atoms with Crippen molar-refractivity contribution in [2.45, 2.75) is 12.2 Å². The Morgan fingerprint density at radius 3 is 2.47 bits per heavy atom. The minimum atomic E-state index is -4.96. The van der Waals surface area contributed by atoms with Gasteiger partial charge in [0, 0.05) is 17.6 Å². The second-order valence-corrected chi connectivity index (χ2v) is 3.44. The Morgan fingerprint density at radius 2 is 2.05 bits per heavy atom. The summed E-state index contributed by atoms with van der Waals surface area (Å²) in [5.74, 6) is -2.42. The highest BCUT2D eigenvalue weighted by atomic mass is 35.5. The molecule has 0 aliphatic carbocycles. The number of hydrogen-bond acceptors (Lipinski definition) is 5. The summed E-state index contributed by atoms with van der Waals surface area (Å²) in [6, 6.07) is 0. The molecule has 1 aromatic heterocycles. The quantitative estimate of drug-likeness (QED) is 0.631. The second kappa shape index (κ2) is 5.96. The van der Waals surface area contributed by atoms with E-state index in [-0.39, 0.29) is 17.0 Å². The van der Waals surface area contributed by atoms with Gasteiger partial charge in [0.2, 0.25) is 0 Å². The standard InChI is InChI=1S/C10H9ClF3NO4/c1-17-7-6(9(16)18-2)5(3-11)4-15-8(7)19-10(12,13)14/h4H,3H2,1-2H3. The summed E-state index contributed by atoms with van der Waals surface area (Å²) in [6.07, 6.45) is -3.97. The van der Waals surface area contributed by atoms with Gasteiger partial charge in [-0.05, 0) is 0 Å². The highest BCUT2D eigenvalue weighted by Crippen LogP contribution is 2.35. The first-order chi connectivity index (χ1) is 8.84. The molecule has 0 unspecified atom stereocenters. The van der Waals surface area contributed by atoms with Gasteiger partial charge < -0.3 is 14.2 Å². The first-order valence-corrected chi connectivity index (χ1v) is 5.33. The van der Waals surface area contributed by atoms with E-state index >= 15 is 0 Å². The van der Waals surface area contributed by atoms with Gasteiger partial charge in [-0.25, -0.2) is 9.78 Å². The van der Waals surface area contributed by atoms with Crippen LogP contribution in [0.5, 0.6) is 11.6 Å². The molecule has 0 aromatic carbocycles. The predicted octanol–water partition coefficient (Wildman–Crippen LogP) is 2.51. The normalized spacial score (nSPS) is 11.1. The van der Waals surface area contributed by atoms with Crippen LogP contribution in [0, 0.1) is 0 Å². The Labute approximate surface area is 111 Å². The molecule has 0 saturated heterocycles. The van der Waals surface area contributed by atoms with Crippen molar-refractivity contribution >= 4 is 17.6 Å². The number of aromatic nitrogens is 1. The van der Waals surface area contributed by atoms with Crippen molar-refractivity contribution in [3.05, 3.63) is 17.3 Å². The molecular weight excluding hydrogens is 291 g/mol. The van der Waals surface area contributed by atoms with Crippen molar-refractivity contribution in [3.63, 3.8) is 0 Å². The van der Waals surface area contributed by atoms with Gasteiger partial charge in [0.15, 0.2) is 5.75 Å². The van der Waals surface area contributed by atoms with Crippen LogP contribution in [0.15, 0.2) is 6.20 Å². The SMILES string of the molecule is COC(=O)c1c(CCl)cnc(OC(F)(F)F)c1OC. The number of rotatable bonds is 4. The molecule has 0 saturated carbocycles. The number of alkyl halides is 4. The van der Waals surface area contributed by atoms with E-state index in [1.165, 1.54) is 0 Å². The first kappa shape index (κ1) is 15.4. The highest BCUT2D eigenvalue weighted by Gasteiger charge is 2.35. The van der Waals surface area contributed by atoms with E-state index < -0.39 is 24.0 Å². The molecule has 19 heavy (non-hydrogen) atoms. The molecule has 0 aliphatic heterocycles. The van der Waals surface area contributed by atoms with E-state index in [1.807, 2.05) is 0 Å². The summed E-state index contributed by atoms with van der Waals surface area (Å²) in [4.78, 5) is 15.0. The van der Waals surface area contributed by atoms with Gasteiger partial charge in [-0.1, -0.05) is 0 Å². The number of hydrogen-bond donors (Lipinski definition) is 0. The number of carbonyl (C=O) groups excluding carboxylic acids is 1. The molecule has 0 amide bonds. The Balaban J connectivity index is 3.40. The van der Waals surface area contributed by atoms with Gasteiger partial charge in [0.05, 0.1) is 14.2 Å². The molecule has 106 valence electrons. The molecule has 0 spiro atoms. The summed E-state index contributed by atoms with van der Waals surface area (Å²) in [6.45, 7) is 0.